The maximum Gasteiger partial charge on any atom is 0.311 e. The summed E-state index contributed by atoms with van der Waals surface area (Å²) in [6.45, 7) is 6.10. The first-order valence-electron chi connectivity index (χ1n) is 11.4. The highest BCUT2D eigenvalue weighted by Crippen LogP contribution is 2.64. The predicted molar refractivity (Wildman–Crippen MR) is 115 cm³/mol. The normalized spacial score (nSPS) is 41.3. The third-order valence-electron chi connectivity index (χ3n) is 8.66. The van der Waals surface area contributed by atoms with Crippen LogP contribution in [-0.4, -0.2) is 66.2 Å². The van der Waals surface area contributed by atoms with Crippen molar-refractivity contribution in [3.05, 3.63) is 11.6 Å². The molecular weight excluding hydrogens is 398 g/mol. The summed E-state index contributed by atoms with van der Waals surface area (Å²) in [6.07, 6.45) is 4.16. The number of ketones is 1. The fraction of sp³-hybridized carbons (Fsp3) is 0.792. The van der Waals surface area contributed by atoms with Gasteiger partial charge < -0.3 is 19.8 Å². The molecule has 0 radical (unpaired) electrons. The molecule has 7 unspecified atom stereocenters. The van der Waals surface area contributed by atoms with Gasteiger partial charge in [-0.15, -0.1) is 0 Å². The first kappa shape index (κ1) is 23.9. The zero-order chi connectivity index (χ0) is 23.1. The van der Waals surface area contributed by atoms with Gasteiger partial charge in [0.1, 0.15) is 6.10 Å². The second kappa shape index (κ2) is 8.66. The number of nitrogens with zero attached hydrogens (tertiary/aromatic N) is 1. The Morgan fingerprint density at radius 3 is 2.58 bits per heavy atom. The number of likely N-dealkylation sites (N-methyl/N-ethyl adjacent to an activating group) is 1. The van der Waals surface area contributed by atoms with Crippen LogP contribution in [0.3, 0.4) is 0 Å². The Morgan fingerprint density at radius 1 is 1.29 bits per heavy atom. The van der Waals surface area contributed by atoms with Crippen LogP contribution >= 0.6 is 0 Å². The molecule has 0 heterocycles. The van der Waals surface area contributed by atoms with Crippen LogP contribution in [0.2, 0.25) is 0 Å². The fourth-order valence-electron chi connectivity index (χ4n) is 7.05. The third-order valence-corrected chi connectivity index (χ3v) is 8.66. The first-order chi connectivity index (χ1) is 14.5. The number of methoxy groups -OCH3 is 1. The van der Waals surface area contributed by atoms with E-state index in [1.165, 1.54) is 12.0 Å². The standard InChI is InChI=1S/C24H37NO6/c1-14-15(13-17(27)25(4)11-12-26)7-8-16-18(14)19(28)20(29)21-23(16,2)9-6-10-24(21,3)22(30)31-5/h13-14,16,18,20-21,26,29H,6-12H2,1-5H3. The molecular formula is C24H37NO6. The first-order valence-corrected chi connectivity index (χ1v) is 11.4. The minimum Gasteiger partial charge on any atom is -0.469 e. The molecule has 0 aliphatic heterocycles. The molecule has 7 heteroatoms. The van der Waals surface area contributed by atoms with Crippen LogP contribution in [0, 0.1) is 34.5 Å². The highest BCUT2D eigenvalue weighted by molar-refractivity contribution is 5.91. The van der Waals surface area contributed by atoms with Crippen molar-refractivity contribution in [2.75, 3.05) is 27.3 Å². The smallest absolute Gasteiger partial charge is 0.311 e. The zero-order valence-electron chi connectivity index (χ0n) is 19.4. The molecule has 3 aliphatic rings. The summed E-state index contributed by atoms with van der Waals surface area (Å²) in [6, 6.07) is 0. The number of esters is 1. The van der Waals surface area contributed by atoms with Crippen molar-refractivity contribution < 1.29 is 29.3 Å². The largest absolute Gasteiger partial charge is 0.469 e. The van der Waals surface area contributed by atoms with Crippen molar-refractivity contribution in [1.82, 2.24) is 4.90 Å². The molecule has 0 aromatic heterocycles. The van der Waals surface area contributed by atoms with E-state index in [2.05, 4.69) is 6.92 Å². The molecule has 31 heavy (non-hydrogen) atoms. The van der Waals surface area contributed by atoms with E-state index >= 15 is 0 Å². The van der Waals surface area contributed by atoms with E-state index in [-0.39, 0.29) is 54.0 Å². The molecule has 3 fully saturated rings. The second-order valence-corrected chi connectivity index (χ2v) is 10.3. The van der Waals surface area contributed by atoms with E-state index < -0.39 is 17.4 Å². The van der Waals surface area contributed by atoms with Crippen molar-refractivity contribution in [2.45, 2.75) is 59.0 Å². The molecule has 0 bridgehead atoms. The molecule has 174 valence electrons. The van der Waals surface area contributed by atoms with Gasteiger partial charge in [0.2, 0.25) is 5.91 Å². The van der Waals surface area contributed by atoms with E-state index in [1.54, 1.807) is 13.1 Å². The topological polar surface area (TPSA) is 104 Å². The van der Waals surface area contributed by atoms with E-state index in [0.29, 0.717) is 12.8 Å². The molecule has 7 nitrogen and oxygen atoms in total. The van der Waals surface area contributed by atoms with Gasteiger partial charge in [0, 0.05) is 31.5 Å². The van der Waals surface area contributed by atoms with Gasteiger partial charge in [0.25, 0.3) is 0 Å². The number of rotatable bonds is 4. The van der Waals surface area contributed by atoms with E-state index in [9.17, 15) is 19.5 Å². The fourth-order valence-corrected chi connectivity index (χ4v) is 7.05. The van der Waals surface area contributed by atoms with Crippen LogP contribution in [0.25, 0.3) is 0 Å². The lowest BCUT2D eigenvalue weighted by Crippen LogP contribution is -2.65. The molecule has 7 atom stereocenters. The summed E-state index contributed by atoms with van der Waals surface area (Å²) in [4.78, 5) is 40.2. The summed E-state index contributed by atoms with van der Waals surface area (Å²) < 4.78 is 5.10. The van der Waals surface area contributed by atoms with Crippen LogP contribution in [0.15, 0.2) is 11.6 Å². The third kappa shape index (κ3) is 3.74. The number of fused-ring (bicyclic) bond motifs is 3. The number of amides is 1. The predicted octanol–water partition coefficient (Wildman–Crippen LogP) is 1.96. The van der Waals surface area contributed by atoms with Gasteiger partial charge in [0.15, 0.2) is 5.78 Å². The van der Waals surface area contributed by atoms with Gasteiger partial charge in [-0.3, -0.25) is 14.4 Å². The molecule has 0 aromatic carbocycles. The minimum absolute atomic E-state index is 0.0510. The second-order valence-electron chi connectivity index (χ2n) is 10.3. The number of ether oxygens (including phenoxy) is 1. The van der Waals surface area contributed by atoms with Crippen LogP contribution in [-0.2, 0) is 19.1 Å². The number of aliphatic hydroxyl groups is 2. The maximum atomic E-state index is 13.5. The zero-order valence-corrected chi connectivity index (χ0v) is 19.4. The van der Waals surface area contributed by atoms with Gasteiger partial charge in [0.05, 0.1) is 19.1 Å². The Bertz CT molecular complexity index is 778. The minimum atomic E-state index is -1.22. The Kier molecular flexibility index (Phi) is 6.68. The van der Waals surface area contributed by atoms with Crippen molar-refractivity contribution >= 4 is 17.7 Å². The summed E-state index contributed by atoms with van der Waals surface area (Å²) in [5.74, 6) is -1.68. The molecule has 3 rings (SSSR count). The monoisotopic (exact) mass is 435 g/mol. The van der Waals surface area contributed by atoms with Gasteiger partial charge >= 0.3 is 5.97 Å². The van der Waals surface area contributed by atoms with Gasteiger partial charge in [-0.2, -0.15) is 0 Å². The maximum absolute atomic E-state index is 13.5. The Labute approximate surface area is 184 Å². The van der Waals surface area contributed by atoms with Crippen molar-refractivity contribution in [3.63, 3.8) is 0 Å². The van der Waals surface area contributed by atoms with Crippen LogP contribution in [0.4, 0.5) is 0 Å². The summed E-state index contributed by atoms with van der Waals surface area (Å²) >= 11 is 0. The molecule has 0 saturated heterocycles. The molecule has 0 aromatic rings. The lowest BCUT2D eigenvalue weighted by Gasteiger charge is -2.61. The molecule has 3 aliphatic carbocycles. The number of carbonyl (C=O) groups excluding carboxylic acids is 3. The molecule has 3 saturated carbocycles. The van der Waals surface area contributed by atoms with Gasteiger partial charge in [-0.25, -0.2) is 0 Å². The SMILES string of the molecule is COC(=O)C1(C)CCCC2(C)C3CCC(=CC(=O)N(C)CCO)C(C)C3C(=O)C(O)C12. The van der Waals surface area contributed by atoms with Crippen LogP contribution < -0.4 is 0 Å². The number of hydrogen-bond acceptors (Lipinski definition) is 6. The van der Waals surface area contributed by atoms with Crippen LogP contribution in [0.5, 0.6) is 0 Å². The average molecular weight is 436 g/mol. The quantitative estimate of drug-likeness (QED) is 0.517. The average Bonchev–Trinajstić information content (AvgIpc) is 2.72. The lowest BCUT2D eigenvalue weighted by molar-refractivity contribution is -0.198. The number of carbonyl (C=O) groups is 3. The highest BCUT2D eigenvalue weighted by atomic mass is 16.5. The number of hydrogen-bond donors (Lipinski definition) is 2. The van der Waals surface area contributed by atoms with Gasteiger partial charge in [-0.05, 0) is 49.9 Å². The summed E-state index contributed by atoms with van der Waals surface area (Å²) in [7, 11) is 3.01. The van der Waals surface area contributed by atoms with Crippen LogP contribution in [0.1, 0.15) is 52.9 Å². The van der Waals surface area contributed by atoms with Crippen molar-refractivity contribution in [2.24, 2.45) is 34.5 Å². The number of Topliss-reactive ketones (excluding diaryl/α,β-unsaturated/α-hetero) is 1. The van der Waals surface area contributed by atoms with E-state index in [4.69, 9.17) is 9.84 Å². The lowest BCUT2D eigenvalue weighted by atomic mass is 9.42. The van der Waals surface area contributed by atoms with Crippen molar-refractivity contribution in [3.8, 4) is 0 Å². The summed E-state index contributed by atoms with van der Waals surface area (Å²) in [5.41, 5.74) is -0.314. The number of aliphatic hydroxyl groups excluding tert-OH is 2. The van der Waals surface area contributed by atoms with E-state index in [1.807, 2.05) is 13.8 Å². The molecule has 2 N–H and O–H groups in total. The molecule has 0 spiro atoms. The Balaban J connectivity index is 1.96. The summed E-state index contributed by atoms with van der Waals surface area (Å²) in [5, 5.41) is 20.3. The highest BCUT2D eigenvalue weighted by Gasteiger charge is 2.66. The van der Waals surface area contributed by atoms with Gasteiger partial charge in [-0.1, -0.05) is 25.8 Å². The van der Waals surface area contributed by atoms with Crippen molar-refractivity contribution in [1.29, 1.82) is 0 Å². The Hall–Kier alpha value is -1.73. The number of allylic oxidation sites excluding steroid dienone is 1. The Morgan fingerprint density at radius 2 is 1.97 bits per heavy atom. The molecule has 1 amide bonds. The van der Waals surface area contributed by atoms with E-state index in [0.717, 1.165) is 24.8 Å².